The highest BCUT2D eigenvalue weighted by Gasteiger charge is 2.27. The molecule has 1 saturated heterocycles. The summed E-state index contributed by atoms with van der Waals surface area (Å²) in [7, 11) is 0. The van der Waals surface area contributed by atoms with Crippen LogP contribution in [0.25, 0.3) is 0 Å². The quantitative estimate of drug-likeness (QED) is 0.792. The first-order valence-corrected chi connectivity index (χ1v) is 5.58. The topological polar surface area (TPSA) is 69.4 Å². The summed E-state index contributed by atoms with van der Waals surface area (Å²) in [6, 6.07) is 0. The van der Waals surface area contributed by atoms with Crippen LogP contribution in [0.15, 0.2) is 6.20 Å². The summed E-state index contributed by atoms with van der Waals surface area (Å²) >= 11 is 0. The van der Waals surface area contributed by atoms with Gasteiger partial charge in [0, 0.05) is 6.54 Å². The summed E-state index contributed by atoms with van der Waals surface area (Å²) < 4.78 is 12.4. The van der Waals surface area contributed by atoms with Crippen LogP contribution in [0.1, 0.15) is 25.1 Å². The van der Waals surface area contributed by atoms with Gasteiger partial charge in [-0.05, 0) is 6.42 Å². The van der Waals surface area contributed by atoms with Gasteiger partial charge in [-0.2, -0.15) is 0 Å². The van der Waals surface area contributed by atoms with Crippen molar-refractivity contribution in [3.63, 3.8) is 0 Å². The van der Waals surface area contributed by atoms with Crippen LogP contribution in [-0.2, 0) is 16.0 Å². The summed E-state index contributed by atoms with van der Waals surface area (Å²) in [6.07, 6.45) is 1.49. The SMILES string of the molecule is CCCn1nncc1C(O)C1COCCO1. The second-order valence-corrected chi connectivity index (χ2v) is 3.81. The molecule has 1 fully saturated rings. The molecule has 0 amide bonds. The summed E-state index contributed by atoms with van der Waals surface area (Å²) in [5, 5.41) is 17.9. The van der Waals surface area contributed by atoms with Gasteiger partial charge >= 0.3 is 0 Å². The van der Waals surface area contributed by atoms with Gasteiger partial charge in [0.05, 0.1) is 31.7 Å². The lowest BCUT2D eigenvalue weighted by molar-refractivity contribution is -0.135. The fourth-order valence-corrected chi connectivity index (χ4v) is 1.76. The Bertz CT molecular complexity index is 323. The molecular formula is C10H17N3O3. The van der Waals surface area contributed by atoms with Crippen molar-refractivity contribution in [1.29, 1.82) is 0 Å². The fourth-order valence-electron chi connectivity index (χ4n) is 1.76. The van der Waals surface area contributed by atoms with E-state index < -0.39 is 6.10 Å². The Morgan fingerprint density at radius 3 is 3.19 bits per heavy atom. The molecule has 1 aromatic rings. The van der Waals surface area contributed by atoms with E-state index in [1.54, 1.807) is 10.9 Å². The molecule has 2 rings (SSSR count). The van der Waals surface area contributed by atoms with Crippen molar-refractivity contribution in [3.05, 3.63) is 11.9 Å². The van der Waals surface area contributed by atoms with Crippen LogP contribution >= 0.6 is 0 Å². The van der Waals surface area contributed by atoms with Gasteiger partial charge in [0.15, 0.2) is 0 Å². The van der Waals surface area contributed by atoms with E-state index in [9.17, 15) is 5.11 Å². The van der Waals surface area contributed by atoms with Gasteiger partial charge in [-0.1, -0.05) is 12.1 Å². The number of rotatable bonds is 4. The van der Waals surface area contributed by atoms with Crippen LogP contribution in [0.4, 0.5) is 0 Å². The number of nitrogens with zero attached hydrogens (tertiary/aromatic N) is 3. The highest BCUT2D eigenvalue weighted by atomic mass is 16.6. The van der Waals surface area contributed by atoms with Crippen molar-refractivity contribution in [2.24, 2.45) is 0 Å². The zero-order valence-corrected chi connectivity index (χ0v) is 9.37. The lowest BCUT2D eigenvalue weighted by Gasteiger charge is -2.27. The number of hydrogen-bond donors (Lipinski definition) is 1. The Morgan fingerprint density at radius 2 is 2.50 bits per heavy atom. The summed E-state index contributed by atoms with van der Waals surface area (Å²) in [5.74, 6) is 0. The molecule has 6 nitrogen and oxygen atoms in total. The van der Waals surface area contributed by atoms with E-state index in [-0.39, 0.29) is 6.10 Å². The van der Waals surface area contributed by atoms with Crippen molar-refractivity contribution in [1.82, 2.24) is 15.0 Å². The maximum absolute atomic E-state index is 10.1. The fraction of sp³-hybridized carbons (Fsp3) is 0.800. The largest absolute Gasteiger partial charge is 0.384 e. The van der Waals surface area contributed by atoms with Crippen molar-refractivity contribution in [2.45, 2.75) is 32.1 Å². The molecule has 0 aromatic carbocycles. The van der Waals surface area contributed by atoms with Gasteiger partial charge in [0.25, 0.3) is 0 Å². The Hall–Kier alpha value is -0.980. The Morgan fingerprint density at radius 1 is 1.62 bits per heavy atom. The van der Waals surface area contributed by atoms with Gasteiger partial charge in [-0.3, -0.25) is 0 Å². The van der Waals surface area contributed by atoms with E-state index in [2.05, 4.69) is 17.2 Å². The molecule has 0 radical (unpaired) electrons. The second-order valence-electron chi connectivity index (χ2n) is 3.81. The highest BCUT2D eigenvalue weighted by molar-refractivity contribution is 5.02. The first-order chi connectivity index (χ1) is 7.83. The van der Waals surface area contributed by atoms with E-state index in [4.69, 9.17) is 9.47 Å². The minimum absolute atomic E-state index is 0.317. The summed E-state index contributed by atoms with van der Waals surface area (Å²) in [4.78, 5) is 0. The Balaban J connectivity index is 2.06. The second kappa shape index (κ2) is 5.38. The smallest absolute Gasteiger partial charge is 0.126 e. The van der Waals surface area contributed by atoms with E-state index in [0.717, 1.165) is 13.0 Å². The average Bonchev–Trinajstić information content (AvgIpc) is 2.78. The van der Waals surface area contributed by atoms with Gasteiger partial charge < -0.3 is 14.6 Å². The van der Waals surface area contributed by atoms with E-state index in [1.807, 2.05) is 0 Å². The number of hydrogen-bond acceptors (Lipinski definition) is 5. The lowest BCUT2D eigenvalue weighted by atomic mass is 10.1. The molecule has 0 spiro atoms. The van der Waals surface area contributed by atoms with Crippen molar-refractivity contribution < 1.29 is 14.6 Å². The monoisotopic (exact) mass is 227 g/mol. The minimum Gasteiger partial charge on any atom is -0.384 e. The molecule has 0 aliphatic carbocycles. The van der Waals surface area contributed by atoms with Crippen LogP contribution in [0, 0.1) is 0 Å². The first-order valence-electron chi connectivity index (χ1n) is 5.58. The lowest BCUT2D eigenvalue weighted by Crippen LogP contribution is -2.34. The van der Waals surface area contributed by atoms with E-state index >= 15 is 0 Å². The molecule has 16 heavy (non-hydrogen) atoms. The third-order valence-electron chi connectivity index (χ3n) is 2.58. The zero-order valence-electron chi connectivity index (χ0n) is 9.37. The van der Waals surface area contributed by atoms with Crippen molar-refractivity contribution in [3.8, 4) is 0 Å². The van der Waals surface area contributed by atoms with Crippen LogP contribution in [0.3, 0.4) is 0 Å². The summed E-state index contributed by atoms with van der Waals surface area (Å²) in [6.45, 7) is 4.34. The number of aryl methyl sites for hydroxylation is 1. The average molecular weight is 227 g/mol. The number of aliphatic hydroxyl groups is 1. The van der Waals surface area contributed by atoms with Crippen LogP contribution < -0.4 is 0 Å². The Labute approximate surface area is 94.2 Å². The molecule has 1 N–H and O–H groups in total. The predicted molar refractivity (Wildman–Crippen MR) is 55.8 cm³/mol. The molecule has 0 saturated carbocycles. The van der Waals surface area contributed by atoms with Crippen LogP contribution in [-0.4, -0.2) is 46.0 Å². The van der Waals surface area contributed by atoms with E-state index in [1.165, 1.54) is 0 Å². The zero-order chi connectivity index (χ0) is 11.4. The standard InChI is InChI=1S/C10H17N3O3/c1-2-3-13-8(6-11-12-13)10(14)9-7-15-4-5-16-9/h6,9-10,14H,2-5,7H2,1H3. The molecule has 2 unspecified atom stereocenters. The van der Waals surface area contributed by atoms with Gasteiger partial charge in [-0.15, -0.1) is 5.10 Å². The van der Waals surface area contributed by atoms with E-state index in [0.29, 0.717) is 25.5 Å². The number of aliphatic hydroxyl groups excluding tert-OH is 1. The normalized spacial score (nSPS) is 23.2. The molecule has 1 aliphatic rings. The minimum atomic E-state index is -0.721. The molecule has 1 aromatic heterocycles. The number of ether oxygens (including phenoxy) is 2. The van der Waals surface area contributed by atoms with Gasteiger partial charge in [0.2, 0.25) is 0 Å². The third kappa shape index (κ3) is 2.40. The Kier molecular flexibility index (Phi) is 3.87. The molecule has 6 heteroatoms. The number of aromatic nitrogens is 3. The molecular weight excluding hydrogens is 210 g/mol. The maximum atomic E-state index is 10.1. The molecule has 90 valence electrons. The van der Waals surface area contributed by atoms with Gasteiger partial charge in [0.1, 0.15) is 12.2 Å². The van der Waals surface area contributed by atoms with Crippen LogP contribution in [0.5, 0.6) is 0 Å². The molecule has 2 heterocycles. The predicted octanol–water partition coefficient (Wildman–Crippen LogP) is 0.137. The highest BCUT2D eigenvalue weighted by Crippen LogP contribution is 2.20. The molecule has 1 aliphatic heterocycles. The first kappa shape index (κ1) is 11.5. The summed E-state index contributed by atoms with van der Waals surface area (Å²) in [5.41, 5.74) is 0.692. The maximum Gasteiger partial charge on any atom is 0.126 e. The van der Waals surface area contributed by atoms with Gasteiger partial charge in [-0.25, -0.2) is 4.68 Å². The van der Waals surface area contributed by atoms with Crippen molar-refractivity contribution >= 4 is 0 Å². The van der Waals surface area contributed by atoms with Crippen LogP contribution in [0.2, 0.25) is 0 Å². The third-order valence-corrected chi connectivity index (χ3v) is 2.58. The van der Waals surface area contributed by atoms with Crippen molar-refractivity contribution in [2.75, 3.05) is 19.8 Å². The molecule has 0 bridgehead atoms. The molecule has 2 atom stereocenters.